The smallest absolute Gasteiger partial charge is 0.127 e. The number of benzene rings is 1. The number of nitrogens with zero attached hydrogens (tertiary/aromatic N) is 2. The summed E-state index contributed by atoms with van der Waals surface area (Å²) in [5.41, 5.74) is 12.0. The lowest BCUT2D eigenvalue weighted by atomic mass is 9.98. The number of furan rings is 1. The highest BCUT2D eigenvalue weighted by atomic mass is 32.1. The Bertz CT molecular complexity index is 1000. The van der Waals surface area contributed by atoms with Gasteiger partial charge in [0.1, 0.15) is 23.0 Å². The van der Waals surface area contributed by atoms with E-state index in [1.165, 1.54) is 11.1 Å². The predicted molar refractivity (Wildman–Crippen MR) is 97.1 cm³/mol. The Morgan fingerprint density at radius 1 is 1.12 bits per heavy atom. The molecule has 0 radical (unpaired) electrons. The molecule has 0 aliphatic rings. The standard InChI is InChI=1S/C19H17N3OS/c1-11-5-6-13(8-12(11)2)14-9-24-19-16(14)18(21-10-22-19)17(20)15-4-3-7-23-15/h3-10,17H,20H2,1-2H3. The largest absolute Gasteiger partial charge is 0.467 e. The number of hydrogen-bond acceptors (Lipinski definition) is 5. The van der Waals surface area contributed by atoms with E-state index >= 15 is 0 Å². The second kappa shape index (κ2) is 5.85. The van der Waals surface area contributed by atoms with Crippen LogP contribution >= 0.6 is 11.3 Å². The molecule has 24 heavy (non-hydrogen) atoms. The van der Waals surface area contributed by atoms with Crippen molar-refractivity contribution in [3.8, 4) is 11.1 Å². The lowest BCUT2D eigenvalue weighted by Crippen LogP contribution is -2.13. The number of aryl methyl sites for hydroxylation is 2. The van der Waals surface area contributed by atoms with Gasteiger partial charge in [0, 0.05) is 16.3 Å². The number of nitrogens with two attached hydrogens (primary N) is 1. The minimum absolute atomic E-state index is 0.412. The summed E-state index contributed by atoms with van der Waals surface area (Å²) >= 11 is 1.61. The summed E-state index contributed by atoms with van der Waals surface area (Å²) in [6, 6.07) is 9.78. The molecule has 3 aromatic heterocycles. The van der Waals surface area contributed by atoms with Gasteiger partial charge in [-0.15, -0.1) is 11.3 Å². The van der Waals surface area contributed by atoms with Gasteiger partial charge < -0.3 is 10.2 Å². The molecule has 120 valence electrons. The number of aromatic nitrogens is 2. The van der Waals surface area contributed by atoms with Gasteiger partial charge >= 0.3 is 0 Å². The summed E-state index contributed by atoms with van der Waals surface area (Å²) in [5, 5.41) is 3.14. The zero-order chi connectivity index (χ0) is 16.7. The third-order valence-electron chi connectivity index (χ3n) is 4.36. The summed E-state index contributed by atoms with van der Waals surface area (Å²) in [4.78, 5) is 9.82. The highest BCUT2D eigenvalue weighted by molar-refractivity contribution is 7.17. The first-order valence-electron chi connectivity index (χ1n) is 7.74. The lowest BCUT2D eigenvalue weighted by Gasteiger charge is -2.11. The van der Waals surface area contributed by atoms with Crippen LogP contribution in [0.1, 0.15) is 28.6 Å². The molecule has 4 rings (SSSR count). The molecule has 0 saturated carbocycles. The van der Waals surface area contributed by atoms with E-state index in [2.05, 4.69) is 47.4 Å². The normalized spacial score (nSPS) is 12.6. The number of fused-ring (bicyclic) bond motifs is 1. The van der Waals surface area contributed by atoms with E-state index in [9.17, 15) is 0 Å². The Morgan fingerprint density at radius 3 is 2.75 bits per heavy atom. The van der Waals surface area contributed by atoms with Crippen LogP contribution in [0, 0.1) is 13.8 Å². The molecule has 3 heterocycles. The Morgan fingerprint density at radius 2 is 2.00 bits per heavy atom. The van der Waals surface area contributed by atoms with Gasteiger partial charge in [0.15, 0.2) is 0 Å². The fourth-order valence-corrected chi connectivity index (χ4v) is 3.78. The van der Waals surface area contributed by atoms with Crippen molar-refractivity contribution in [3.05, 3.63) is 70.9 Å². The average Bonchev–Trinajstić information content (AvgIpc) is 3.25. The summed E-state index contributed by atoms with van der Waals surface area (Å²) < 4.78 is 5.47. The van der Waals surface area contributed by atoms with Gasteiger partial charge in [0.25, 0.3) is 0 Å². The van der Waals surface area contributed by atoms with Crippen LogP contribution < -0.4 is 5.73 Å². The molecule has 0 amide bonds. The number of thiophene rings is 1. The SMILES string of the molecule is Cc1ccc(-c2csc3ncnc(C(N)c4ccco4)c23)cc1C. The summed E-state index contributed by atoms with van der Waals surface area (Å²) in [6.45, 7) is 4.24. The summed E-state index contributed by atoms with van der Waals surface area (Å²) in [7, 11) is 0. The predicted octanol–water partition coefficient (Wildman–Crippen LogP) is 4.62. The lowest BCUT2D eigenvalue weighted by molar-refractivity contribution is 0.487. The van der Waals surface area contributed by atoms with Gasteiger partial charge in [-0.2, -0.15) is 0 Å². The topological polar surface area (TPSA) is 64.9 Å². The molecule has 0 saturated heterocycles. The van der Waals surface area contributed by atoms with Crippen LogP contribution in [0.5, 0.6) is 0 Å². The quantitative estimate of drug-likeness (QED) is 0.593. The van der Waals surface area contributed by atoms with Crippen LogP contribution in [0.3, 0.4) is 0 Å². The van der Waals surface area contributed by atoms with Crippen LogP contribution in [0.2, 0.25) is 0 Å². The second-order valence-corrected chi connectivity index (χ2v) is 6.74. The number of hydrogen-bond donors (Lipinski definition) is 1. The third-order valence-corrected chi connectivity index (χ3v) is 5.25. The van der Waals surface area contributed by atoms with Crippen molar-refractivity contribution < 1.29 is 4.42 Å². The molecule has 0 aliphatic heterocycles. The van der Waals surface area contributed by atoms with Crippen molar-refractivity contribution in [3.63, 3.8) is 0 Å². The molecule has 4 nitrogen and oxygen atoms in total. The first-order chi connectivity index (χ1) is 11.6. The van der Waals surface area contributed by atoms with Crippen LogP contribution in [0.4, 0.5) is 0 Å². The van der Waals surface area contributed by atoms with E-state index in [4.69, 9.17) is 10.2 Å². The van der Waals surface area contributed by atoms with Crippen LogP contribution in [0.25, 0.3) is 21.3 Å². The van der Waals surface area contributed by atoms with Crippen molar-refractivity contribution in [1.29, 1.82) is 0 Å². The highest BCUT2D eigenvalue weighted by Gasteiger charge is 2.20. The van der Waals surface area contributed by atoms with Gasteiger partial charge in [0.2, 0.25) is 0 Å². The van der Waals surface area contributed by atoms with Gasteiger partial charge in [-0.25, -0.2) is 9.97 Å². The molecular formula is C19H17N3OS. The van der Waals surface area contributed by atoms with Gasteiger partial charge in [0.05, 0.1) is 12.0 Å². The van der Waals surface area contributed by atoms with Crippen molar-refractivity contribution in [1.82, 2.24) is 9.97 Å². The number of rotatable bonds is 3. The van der Waals surface area contributed by atoms with E-state index in [1.807, 2.05) is 12.1 Å². The molecule has 0 aliphatic carbocycles. The maximum Gasteiger partial charge on any atom is 0.127 e. The summed E-state index contributed by atoms with van der Waals surface area (Å²) in [5.74, 6) is 0.701. The van der Waals surface area contributed by atoms with E-state index in [-0.39, 0.29) is 0 Å². The van der Waals surface area contributed by atoms with Crippen molar-refractivity contribution in [2.45, 2.75) is 19.9 Å². The highest BCUT2D eigenvalue weighted by Crippen LogP contribution is 2.37. The molecule has 2 N–H and O–H groups in total. The molecule has 5 heteroatoms. The molecule has 0 fully saturated rings. The minimum Gasteiger partial charge on any atom is -0.467 e. The van der Waals surface area contributed by atoms with Crippen molar-refractivity contribution in [2.75, 3.05) is 0 Å². The maximum atomic E-state index is 6.41. The second-order valence-electron chi connectivity index (χ2n) is 5.88. The summed E-state index contributed by atoms with van der Waals surface area (Å²) in [6.07, 6.45) is 3.20. The first kappa shape index (κ1) is 15.1. The van der Waals surface area contributed by atoms with Crippen molar-refractivity contribution >= 4 is 21.6 Å². The maximum absolute atomic E-state index is 6.41. The molecular weight excluding hydrogens is 318 g/mol. The Labute approximate surface area is 144 Å². The monoisotopic (exact) mass is 335 g/mol. The molecule has 4 aromatic rings. The minimum atomic E-state index is -0.412. The van der Waals surface area contributed by atoms with E-state index in [0.717, 1.165) is 27.0 Å². The van der Waals surface area contributed by atoms with Gasteiger partial charge in [-0.1, -0.05) is 18.2 Å². The fourth-order valence-electron chi connectivity index (χ4n) is 2.86. The Hall–Kier alpha value is -2.50. The van der Waals surface area contributed by atoms with Gasteiger partial charge in [-0.05, 0) is 42.7 Å². The van der Waals surface area contributed by atoms with Crippen molar-refractivity contribution in [2.24, 2.45) is 5.73 Å². The average molecular weight is 335 g/mol. The Balaban J connectivity index is 1.93. The fraction of sp³-hybridized carbons (Fsp3) is 0.158. The van der Waals surface area contributed by atoms with Crippen LogP contribution in [-0.2, 0) is 0 Å². The molecule has 1 unspecified atom stereocenters. The van der Waals surface area contributed by atoms with E-state index in [0.29, 0.717) is 5.76 Å². The zero-order valence-electron chi connectivity index (χ0n) is 13.5. The third kappa shape index (κ3) is 2.42. The van der Waals surface area contributed by atoms with Gasteiger partial charge in [-0.3, -0.25) is 0 Å². The Kier molecular flexibility index (Phi) is 3.67. The van der Waals surface area contributed by atoms with E-state index < -0.39 is 6.04 Å². The van der Waals surface area contributed by atoms with Crippen LogP contribution in [0.15, 0.2) is 52.7 Å². The first-order valence-corrected chi connectivity index (χ1v) is 8.62. The molecule has 1 aromatic carbocycles. The van der Waals surface area contributed by atoms with Crippen LogP contribution in [-0.4, -0.2) is 9.97 Å². The molecule has 1 atom stereocenters. The van der Waals surface area contributed by atoms with E-state index in [1.54, 1.807) is 23.9 Å². The molecule has 0 bridgehead atoms. The molecule has 0 spiro atoms. The zero-order valence-corrected chi connectivity index (χ0v) is 14.3.